The Bertz CT molecular complexity index is 1060. The SMILES string of the molecule is N#CCNC(=O)c1ccc(-c2cccc3nc(NC(=O)C4CC4)nn23)cc1. The number of rotatable bonds is 5. The van der Waals surface area contributed by atoms with E-state index >= 15 is 0 Å². The Kier molecular flexibility index (Phi) is 4.26. The summed E-state index contributed by atoms with van der Waals surface area (Å²) in [6, 6.07) is 14.4. The molecular formula is C19H16N6O2. The van der Waals surface area contributed by atoms with Crippen molar-refractivity contribution >= 4 is 23.4 Å². The third kappa shape index (κ3) is 3.48. The maximum atomic E-state index is 11.9. The van der Waals surface area contributed by atoms with E-state index in [9.17, 15) is 9.59 Å². The van der Waals surface area contributed by atoms with Gasteiger partial charge >= 0.3 is 0 Å². The van der Waals surface area contributed by atoms with Gasteiger partial charge in [-0.1, -0.05) is 18.2 Å². The molecule has 2 amide bonds. The van der Waals surface area contributed by atoms with Gasteiger partial charge < -0.3 is 5.32 Å². The first-order chi connectivity index (χ1) is 13.2. The first-order valence-corrected chi connectivity index (χ1v) is 8.58. The molecule has 1 saturated carbocycles. The lowest BCUT2D eigenvalue weighted by molar-refractivity contribution is -0.117. The summed E-state index contributed by atoms with van der Waals surface area (Å²) < 4.78 is 1.66. The van der Waals surface area contributed by atoms with Gasteiger partial charge in [0, 0.05) is 17.0 Å². The number of fused-ring (bicyclic) bond motifs is 1. The highest BCUT2D eigenvalue weighted by Gasteiger charge is 2.30. The van der Waals surface area contributed by atoms with Crippen LogP contribution in [-0.2, 0) is 4.79 Å². The van der Waals surface area contributed by atoms with Gasteiger partial charge in [0.1, 0.15) is 6.54 Å². The number of amides is 2. The molecule has 2 aromatic heterocycles. The Morgan fingerprint density at radius 1 is 1.19 bits per heavy atom. The van der Waals surface area contributed by atoms with Gasteiger partial charge in [0.2, 0.25) is 11.9 Å². The summed E-state index contributed by atoms with van der Waals surface area (Å²) in [5.74, 6) is 0.0231. The zero-order valence-electron chi connectivity index (χ0n) is 14.3. The van der Waals surface area contributed by atoms with Gasteiger partial charge in [0.15, 0.2) is 5.65 Å². The molecule has 1 aliphatic carbocycles. The maximum Gasteiger partial charge on any atom is 0.252 e. The van der Waals surface area contributed by atoms with Crippen LogP contribution in [-0.4, -0.2) is 33.0 Å². The summed E-state index contributed by atoms with van der Waals surface area (Å²) in [5.41, 5.74) is 2.73. The van der Waals surface area contributed by atoms with Crippen LogP contribution in [0.4, 0.5) is 5.95 Å². The zero-order valence-corrected chi connectivity index (χ0v) is 14.3. The molecule has 0 unspecified atom stereocenters. The molecule has 0 spiro atoms. The van der Waals surface area contributed by atoms with Crippen LogP contribution in [0.25, 0.3) is 16.9 Å². The second-order valence-electron chi connectivity index (χ2n) is 6.30. The topological polar surface area (TPSA) is 112 Å². The fraction of sp³-hybridized carbons (Fsp3) is 0.211. The highest BCUT2D eigenvalue weighted by atomic mass is 16.2. The minimum absolute atomic E-state index is 0.0335. The van der Waals surface area contributed by atoms with Crippen LogP contribution in [0.1, 0.15) is 23.2 Å². The van der Waals surface area contributed by atoms with E-state index in [4.69, 9.17) is 5.26 Å². The molecule has 1 aromatic carbocycles. The van der Waals surface area contributed by atoms with Crippen molar-refractivity contribution in [2.45, 2.75) is 12.8 Å². The predicted octanol–water partition coefficient (Wildman–Crippen LogP) is 2.00. The number of aromatic nitrogens is 3. The second-order valence-corrected chi connectivity index (χ2v) is 6.30. The van der Waals surface area contributed by atoms with Crippen LogP contribution in [0.15, 0.2) is 42.5 Å². The molecule has 2 heterocycles. The summed E-state index contributed by atoms with van der Waals surface area (Å²) in [5, 5.41) is 18.2. The van der Waals surface area contributed by atoms with Crippen LogP contribution in [0.5, 0.6) is 0 Å². The monoisotopic (exact) mass is 360 g/mol. The fourth-order valence-electron chi connectivity index (χ4n) is 2.75. The van der Waals surface area contributed by atoms with Crippen LogP contribution >= 0.6 is 0 Å². The average Bonchev–Trinajstić information content (AvgIpc) is 3.46. The van der Waals surface area contributed by atoms with Gasteiger partial charge in [-0.3, -0.25) is 14.9 Å². The van der Waals surface area contributed by atoms with Crippen LogP contribution in [0, 0.1) is 17.2 Å². The minimum Gasteiger partial charge on any atom is -0.339 e. The van der Waals surface area contributed by atoms with E-state index in [1.807, 2.05) is 24.3 Å². The summed E-state index contributed by atoms with van der Waals surface area (Å²) >= 11 is 0. The fourth-order valence-corrected chi connectivity index (χ4v) is 2.75. The van der Waals surface area contributed by atoms with Crippen molar-refractivity contribution in [1.82, 2.24) is 19.9 Å². The number of nitriles is 1. The molecule has 1 fully saturated rings. The zero-order chi connectivity index (χ0) is 18.8. The Morgan fingerprint density at radius 3 is 2.67 bits per heavy atom. The minimum atomic E-state index is -0.299. The Labute approximate surface area is 154 Å². The van der Waals surface area contributed by atoms with Crippen molar-refractivity contribution < 1.29 is 9.59 Å². The van der Waals surface area contributed by atoms with E-state index < -0.39 is 0 Å². The highest BCUT2D eigenvalue weighted by molar-refractivity contribution is 5.95. The number of hydrogen-bond acceptors (Lipinski definition) is 5. The lowest BCUT2D eigenvalue weighted by Gasteiger charge is -2.06. The molecule has 2 N–H and O–H groups in total. The molecular weight excluding hydrogens is 344 g/mol. The Balaban J connectivity index is 1.61. The van der Waals surface area contributed by atoms with Crippen molar-refractivity contribution in [3.63, 3.8) is 0 Å². The molecule has 8 heteroatoms. The summed E-state index contributed by atoms with van der Waals surface area (Å²) in [7, 11) is 0. The van der Waals surface area contributed by atoms with Gasteiger partial charge in [-0.15, -0.1) is 5.10 Å². The molecule has 0 saturated heterocycles. The van der Waals surface area contributed by atoms with Crippen molar-refractivity contribution in [3.05, 3.63) is 48.0 Å². The number of carbonyl (C=O) groups is 2. The van der Waals surface area contributed by atoms with Crippen molar-refractivity contribution in [3.8, 4) is 17.3 Å². The number of benzene rings is 1. The average molecular weight is 360 g/mol. The molecule has 0 bridgehead atoms. The lowest BCUT2D eigenvalue weighted by atomic mass is 10.1. The van der Waals surface area contributed by atoms with Crippen molar-refractivity contribution in [2.24, 2.45) is 5.92 Å². The van der Waals surface area contributed by atoms with Gasteiger partial charge in [0.05, 0.1) is 11.8 Å². The first-order valence-electron chi connectivity index (χ1n) is 8.58. The third-order valence-electron chi connectivity index (χ3n) is 4.31. The molecule has 3 aromatic rings. The summed E-state index contributed by atoms with van der Waals surface area (Å²) in [6.45, 7) is -0.0335. The Hall–Kier alpha value is -3.73. The first kappa shape index (κ1) is 16.7. The van der Waals surface area contributed by atoms with Crippen LogP contribution in [0.3, 0.4) is 0 Å². The van der Waals surface area contributed by atoms with Crippen molar-refractivity contribution in [1.29, 1.82) is 5.26 Å². The smallest absolute Gasteiger partial charge is 0.252 e. The molecule has 134 valence electrons. The quantitative estimate of drug-likeness (QED) is 0.676. The van der Waals surface area contributed by atoms with E-state index in [1.54, 1.807) is 28.8 Å². The summed E-state index contributed by atoms with van der Waals surface area (Å²) in [6.07, 6.45) is 1.83. The number of hydrogen-bond donors (Lipinski definition) is 2. The van der Waals surface area contributed by atoms with Gasteiger partial charge in [0.25, 0.3) is 5.91 Å². The molecule has 27 heavy (non-hydrogen) atoms. The molecule has 4 rings (SSSR count). The number of anilines is 1. The number of nitrogens with one attached hydrogen (secondary N) is 2. The van der Waals surface area contributed by atoms with Gasteiger partial charge in [-0.05, 0) is 37.1 Å². The lowest BCUT2D eigenvalue weighted by Crippen LogP contribution is -2.23. The third-order valence-corrected chi connectivity index (χ3v) is 4.31. The molecule has 0 aliphatic heterocycles. The normalized spacial score (nSPS) is 13.1. The van der Waals surface area contributed by atoms with Crippen LogP contribution in [0.2, 0.25) is 0 Å². The molecule has 0 atom stereocenters. The molecule has 8 nitrogen and oxygen atoms in total. The maximum absolute atomic E-state index is 11.9. The number of carbonyl (C=O) groups excluding carboxylic acids is 2. The van der Waals surface area contributed by atoms with Gasteiger partial charge in [-0.2, -0.15) is 10.2 Å². The van der Waals surface area contributed by atoms with Gasteiger partial charge in [-0.25, -0.2) is 4.52 Å². The number of pyridine rings is 1. The van der Waals surface area contributed by atoms with E-state index in [-0.39, 0.29) is 30.2 Å². The molecule has 0 radical (unpaired) electrons. The van der Waals surface area contributed by atoms with Crippen LogP contribution < -0.4 is 10.6 Å². The predicted molar refractivity (Wildman–Crippen MR) is 97.7 cm³/mol. The Morgan fingerprint density at radius 2 is 1.96 bits per heavy atom. The van der Waals surface area contributed by atoms with E-state index in [0.717, 1.165) is 24.1 Å². The summed E-state index contributed by atoms with van der Waals surface area (Å²) in [4.78, 5) is 28.2. The van der Waals surface area contributed by atoms with E-state index in [1.165, 1.54) is 0 Å². The van der Waals surface area contributed by atoms with Crippen molar-refractivity contribution in [2.75, 3.05) is 11.9 Å². The largest absolute Gasteiger partial charge is 0.339 e. The van der Waals surface area contributed by atoms with E-state index in [0.29, 0.717) is 11.2 Å². The van der Waals surface area contributed by atoms with E-state index in [2.05, 4.69) is 20.7 Å². The number of nitrogens with zero attached hydrogens (tertiary/aromatic N) is 4. The molecule has 1 aliphatic rings. The highest BCUT2D eigenvalue weighted by Crippen LogP contribution is 2.30. The standard InChI is InChI=1S/C19H16N6O2/c20-10-11-21-17(26)13-6-4-12(5-7-13)15-2-1-3-16-22-19(24-25(15)16)23-18(27)14-8-9-14/h1-7,14H,8-9,11H2,(H,21,26)(H,23,24,27). The second kappa shape index (κ2) is 6.88.